The molecule has 0 aliphatic carbocycles. The molecular formula is C20H20N4OS. The zero-order chi connectivity index (χ0) is 17.9. The third-order valence-electron chi connectivity index (χ3n) is 4.61. The van der Waals surface area contributed by atoms with E-state index in [9.17, 15) is 4.79 Å². The van der Waals surface area contributed by atoms with E-state index < -0.39 is 0 Å². The number of amides is 1. The average molecular weight is 364 g/mol. The number of piperazine rings is 1. The summed E-state index contributed by atoms with van der Waals surface area (Å²) in [6, 6.07) is 15.8. The molecule has 26 heavy (non-hydrogen) atoms. The largest absolute Gasteiger partial charge is 0.352 e. The van der Waals surface area contributed by atoms with Crippen molar-refractivity contribution in [2.24, 2.45) is 0 Å². The smallest absolute Gasteiger partial charge is 0.253 e. The Kier molecular flexibility index (Phi) is 4.67. The Morgan fingerprint density at radius 1 is 0.962 bits per heavy atom. The first kappa shape index (κ1) is 16.7. The summed E-state index contributed by atoms with van der Waals surface area (Å²) < 4.78 is 0. The van der Waals surface area contributed by atoms with Gasteiger partial charge in [-0.2, -0.15) is 0 Å². The molecule has 1 aliphatic heterocycles. The van der Waals surface area contributed by atoms with Gasteiger partial charge in [0.1, 0.15) is 5.69 Å². The van der Waals surface area contributed by atoms with E-state index in [4.69, 9.17) is 0 Å². The van der Waals surface area contributed by atoms with Crippen LogP contribution in [0.15, 0.2) is 53.9 Å². The Bertz CT molecular complexity index is 867. The molecule has 132 valence electrons. The van der Waals surface area contributed by atoms with Crippen LogP contribution in [0.5, 0.6) is 0 Å². The minimum absolute atomic E-state index is 0.101. The van der Waals surface area contributed by atoms with Crippen molar-refractivity contribution >= 4 is 23.1 Å². The molecule has 6 heteroatoms. The first-order valence-corrected chi connectivity index (χ1v) is 9.57. The molecule has 0 spiro atoms. The van der Waals surface area contributed by atoms with Crippen molar-refractivity contribution in [2.75, 3.05) is 31.1 Å². The van der Waals surface area contributed by atoms with Crippen LogP contribution >= 0.6 is 11.3 Å². The zero-order valence-electron chi connectivity index (χ0n) is 14.6. The first-order chi connectivity index (χ1) is 12.7. The lowest BCUT2D eigenvalue weighted by Crippen LogP contribution is -2.49. The fraction of sp³-hybridized carbons (Fsp3) is 0.250. The molecule has 0 N–H and O–H groups in total. The summed E-state index contributed by atoms with van der Waals surface area (Å²) in [7, 11) is 0. The Hall–Kier alpha value is -2.73. The molecule has 2 aromatic heterocycles. The van der Waals surface area contributed by atoms with Crippen molar-refractivity contribution < 1.29 is 4.79 Å². The molecule has 0 saturated carbocycles. The van der Waals surface area contributed by atoms with Gasteiger partial charge in [0.25, 0.3) is 5.91 Å². The zero-order valence-corrected chi connectivity index (χ0v) is 15.4. The fourth-order valence-electron chi connectivity index (χ4n) is 3.07. The predicted octanol–water partition coefficient (Wildman–Crippen LogP) is 3.48. The summed E-state index contributed by atoms with van der Waals surface area (Å²) in [5.74, 6) is 0.969. The van der Waals surface area contributed by atoms with E-state index in [1.807, 2.05) is 65.7 Å². The maximum Gasteiger partial charge on any atom is 0.253 e. The highest BCUT2D eigenvalue weighted by Gasteiger charge is 2.23. The third kappa shape index (κ3) is 3.46. The molecule has 1 saturated heterocycles. The van der Waals surface area contributed by atoms with Crippen molar-refractivity contribution in [2.45, 2.75) is 6.92 Å². The molecule has 1 amide bonds. The normalized spacial score (nSPS) is 14.5. The Morgan fingerprint density at radius 2 is 1.73 bits per heavy atom. The topological polar surface area (TPSA) is 49.3 Å². The van der Waals surface area contributed by atoms with Crippen LogP contribution in [0, 0.1) is 6.92 Å². The van der Waals surface area contributed by atoms with Crippen molar-refractivity contribution in [1.29, 1.82) is 0 Å². The molecule has 0 unspecified atom stereocenters. The van der Waals surface area contributed by atoms with Crippen LogP contribution in [-0.2, 0) is 0 Å². The number of carbonyl (C=O) groups excluding carboxylic acids is 1. The molecule has 0 atom stereocenters. The number of benzene rings is 1. The molecule has 3 aromatic rings. The SMILES string of the molecule is Cc1ccc(C(=O)N2CCN(c3ccc(-c4cccs4)nn3)CC2)cc1. The van der Waals surface area contributed by atoms with Gasteiger partial charge in [-0.3, -0.25) is 4.79 Å². The minimum atomic E-state index is 0.101. The van der Waals surface area contributed by atoms with Crippen molar-refractivity contribution in [3.8, 4) is 10.6 Å². The molecule has 0 radical (unpaired) electrons. The van der Waals surface area contributed by atoms with Crippen LogP contribution < -0.4 is 4.90 Å². The van der Waals surface area contributed by atoms with Crippen LogP contribution in [0.1, 0.15) is 15.9 Å². The lowest BCUT2D eigenvalue weighted by Gasteiger charge is -2.35. The monoisotopic (exact) mass is 364 g/mol. The fourth-order valence-corrected chi connectivity index (χ4v) is 3.76. The second-order valence-electron chi connectivity index (χ2n) is 6.40. The molecule has 1 aliphatic rings. The standard InChI is InChI=1S/C20H20N4OS/c1-15-4-6-16(7-5-15)20(25)24-12-10-23(11-13-24)19-9-8-17(21-22-19)18-3-2-14-26-18/h2-9,14H,10-13H2,1H3. The van der Waals surface area contributed by atoms with E-state index in [1.165, 1.54) is 0 Å². The number of aryl methyl sites for hydroxylation is 1. The highest BCUT2D eigenvalue weighted by atomic mass is 32.1. The quantitative estimate of drug-likeness (QED) is 0.714. The summed E-state index contributed by atoms with van der Waals surface area (Å²) in [6.45, 7) is 4.95. The molecule has 4 rings (SSSR count). The van der Waals surface area contributed by atoms with Crippen LogP contribution in [0.4, 0.5) is 5.82 Å². The number of carbonyl (C=O) groups is 1. The number of anilines is 1. The molecule has 1 fully saturated rings. The summed E-state index contributed by atoms with van der Waals surface area (Å²) >= 11 is 1.66. The number of rotatable bonds is 3. The van der Waals surface area contributed by atoms with Gasteiger partial charge in [0.15, 0.2) is 5.82 Å². The molecule has 5 nitrogen and oxygen atoms in total. The van der Waals surface area contributed by atoms with Crippen LogP contribution in [-0.4, -0.2) is 47.2 Å². The summed E-state index contributed by atoms with van der Waals surface area (Å²) in [4.78, 5) is 17.8. The van der Waals surface area contributed by atoms with Gasteiger partial charge in [-0.05, 0) is 42.6 Å². The molecule has 3 heterocycles. The van der Waals surface area contributed by atoms with E-state index in [-0.39, 0.29) is 5.91 Å². The summed E-state index contributed by atoms with van der Waals surface area (Å²) in [5, 5.41) is 10.8. The maximum absolute atomic E-state index is 12.6. The van der Waals surface area contributed by atoms with Gasteiger partial charge in [-0.25, -0.2) is 0 Å². The van der Waals surface area contributed by atoms with Gasteiger partial charge in [0, 0.05) is 31.7 Å². The number of hydrogen-bond acceptors (Lipinski definition) is 5. The highest BCUT2D eigenvalue weighted by Crippen LogP contribution is 2.23. The number of nitrogens with zero attached hydrogens (tertiary/aromatic N) is 4. The number of thiophene rings is 1. The van der Waals surface area contributed by atoms with Gasteiger partial charge in [-0.15, -0.1) is 21.5 Å². The lowest BCUT2D eigenvalue weighted by atomic mass is 10.1. The van der Waals surface area contributed by atoms with Crippen LogP contribution in [0.25, 0.3) is 10.6 Å². The third-order valence-corrected chi connectivity index (χ3v) is 5.51. The second kappa shape index (κ2) is 7.25. The Morgan fingerprint density at radius 3 is 2.35 bits per heavy atom. The van der Waals surface area contributed by atoms with Crippen LogP contribution in [0.2, 0.25) is 0 Å². The predicted molar refractivity (Wildman–Crippen MR) is 105 cm³/mol. The minimum Gasteiger partial charge on any atom is -0.352 e. The van der Waals surface area contributed by atoms with Crippen molar-refractivity contribution in [3.05, 3.63) is 65.0 Å². The van der Waals surface area contributed by atoms with Gasteiger partial charge < -0.3 is 9.80 Å². The van der Waals surface area contributed by atoms with Gasteiger partial charge in [0.2, 0.25) is 0 Å². The number of hydrogen-bond donors (Lipinski definition) is 0. The van der Waals surface area contributed by atoms with E-state index in [1.54, 1.807) is 11.3 Å². The second-order valence-corrected chi connectivity index (χ2v) is 7.35. The molecular weight excluding hydrogens is 344 g/mol. The lowest BCUT2D eigenvalue weighted by molar-refractivity contribution is 0.0746. The van der Waals surface area contributed by atoms with Gasteiger partial charge in [-0.1, -0.05) is 23.8 Å². The van der Waals surface area contributed by atoms with Crippen molar-refractivity contribution in [3.63, 3.8) is 0 Å². The van der Waals surface area contributed by atoms with Crippen LogP contribution in [0.3, 0.4) is 0 Å². The summed E-state index contributed by atoms with van der Waals surface area (Å²) in [5.41, 5.74) is 2.82. The number of aromatic nitrogens is 2. The van der Waals surface area contributed by atoms with E-state index in [0.717, 1.165) is 40.6 Å². The highest BCUT2D eigenvalue weighted by molar-refractivity contribution is 7.13. The van der Waals surface area contributed by atoms with Crippen molar-refractivity contribution in [1.82, 2.24) is 15.1 Å². The average Bonchev–Trinajstić information content (AvgIpc) is 3.23. The first-order valence-electron chi connectivity index (χ1n) is 8.69. The van der Waals surface area contributed by atoms with E-state index in [0.29, 0.717) is 13.1 Å². The Labute approximate surface area is 156 Å². The van der Waals surface area contributed by atoms with E-state index in [2.05, 4.69) is 15.1 Å². The molecule has 1 aromatic carbocycles. The van der Waals surface area contributed by atoms with Gasteiger partial charge >= 0.3 is 0 Å². The summed E-state index contributed by atoms with van der Waals surface area (Å²) in [6.07, 6.45) is 0. The van der Waals surface area contributed by atoms with E-state index >= 15 is 0 Å². The maximum atomic E-state index is 12.6. The van der Waals surface area contributed by atoms with Gasteiger partial charge in [0.05, 0.1) is 4.88 Å². The Balaban J connectivity index is 1.39. The molecule has 0 bridgehead atoms.